The first-order chi connectivity index (χ1) is 12.3. The number of hydrogen-bond donors (Lipinski definition) is 3. The van der Waals surface area contributed by atoms with Crippen LogP contribution < -0.4 is 15.4 Å². The van der Waals surface area contributed by atoms with Gasteiger partial charge in [0, 0.05) is 19.6 Å². The summed E-state index contributed by atoms with van der Waals surface area (Å²) in [6.07, 6.45) is -0.226. The molecule has 11 heteroatoms. The van der Waals surface area contributed by atoms with E-state index in [4.69, 9.17) is 14.6 Å². The van der Waals surface area contributed by atoms with Gasteiger partial charge in [-0.1, -0.05) is 0 Å². The molecule has 1 heterocycles. The van der Waals surface area contributed by atoms with Gasteiger partial charge in [-0.25, -0.2) is 13.2 Å². The molecule has 0 aliphatic carbocycles. The van der Waals surface area contributed by atoms with E-state index in [1.807, 2.05) is 0 Å². The largest absolute Gasteiger partial charge is 0.495 e. The first kappa shape index (κ1) is 19.9. The van der Waals surface area contributed by atoms with E-state index in [9.17, 15) is 18.0 Å². The average Bonchev–Trinajstić information content (AvgIpc) is 2.62. The van der Waals surface area contributed by atoms with Crippen molar-refractivity contribution in [3.63, 3.8) is 0 Å². The first-order valence-electron chi connectivity index (χ1n) is 7.87. The topological polar surface area (TPSA) is 134 Å². The van der Waals surface area contributed by atoms with Crippen molar-refractivity contribution in [1.29, 1.82) is 0 Å². The predicted octanol–water partition coefficient (Wildman–Crippen LogP) is 0.312. The molecular formula is C15H21N3O7S. The Balaban J connectivity index is 2.17. The summed E-state index contributed by atoms with van der Waals surface area (Å²) in [5.74, 6) is -0.763. The van der Waals surface area contributed by atoms with Crippen molar-refractivity contribution < 1.29 is 32.6 Å². The highest BCUT2D eigenvalue weighted by Gasteiger charge is 2.27. The first-order valence-corrected chi connectivity index (χ1v) is 9.31. The van der Waals surface area contributed by atoms with E-state index >= 15 is 0 Å². The van der Waals surface area contributed by atoms with E-state index in [0.717, 1.165) is 0 Å². The van der Waals surface area contributed by atoms with Crippen molar-refractivity contribution in [2.45, 2.75) is 11.3 Å². The van der Waals surface area contributed by atoms with Crippen LogP contribution in [-0.4, -0.2) is 69.8 Å². The molecule has 1 aromatic carbocycles. The quantitative estimate of drug-likeness (QED) is 0.613. The molecule has 0 aromatic heterocycles. The van der Waals surface area contributed by atoms with Gasteiger partial charge in [0.05, 0.1) is 37.3 Å². The van der Waals surface area contributed by atoms with Crippen LogP contribution in [0.2, 0.25) is 0 Å². The van der Waals surface area contributed by atoms with Crippen molar-refractivity contribution in [2.75, 3.05) is 45.3 Å². The second-order valence-electron chi connectivity index (χ2n) is 5.40. The Morgan fingerprint density at radius 3 is 2.62 bits per heavy atom. The van der Waals surface area contributed by atoms with Gasteiger partial charge in [-0.15, -0.1) is 0 Å². The predicted molar refractivity (Wildman–Crippen MR) is 91.8 cm³/mol. The fourth-order valence-electron chi connectivity index (χ4n) is 2.33. The summed E-state index contributed by atoms with van der Waals surface area (Å²) in [6.45, 7) is 1.10. The zero-order chi connectivity index (χ0) is 19.2. The number of carboxylic acids is 1. The molecule has 0 saturated carbocycles. The number of anilines is 1. The lowest BCUT2D eigenvalue weighted by molar-refractivity contribution is -0.136. The van der Waals surface area contributed by atoms with E-state index in [-0.39, 0.29) is 42.4 Å². The van der Waals surface area contributed by atoms with Crippen LogP contribution in [0.15, 0.2) is 23.1 Å². The number of nitrogens with zero attached hydrogens (tertiary/aromatic N) is 1. The Morgan fingerprint density at radius 1 is 1.31 bits per heavy atom. The molecule has 0 radical (unpaired) electrons. The van der Waals surface area contributed by atoms with Gasteiger partial charge in [0.15, 0.2) is 0 Å². The summed E-state index contributed by atoms with van der Waals surface area (Å²) >= 11 is 0. The maximum atomic E-state index is 12.7. The molecule has 144 valence electrons. The van der Waals surface area contributed by atoms with Gasteiger partial charge in [-0.05, 0) is 18.2 Å². The third kappa shape index (κ3) is 5.07. The van der Waals surface area contributed by atoms with Crippen LogP contribution in [0.5, 0.6) is 5.75 Å². The van der Waals surface area contributed by atoms with Crippen LogP contribution in [0, 0.1) is 0 Å². The molecule has 0 spiro atoms. The number of amides is 2. The van der Waals surface area contributed by atoms with E-state index in [1.165, 1.54) is 29.6 Å². The Bertz CT molecular complexity index is 761. The Labute approximate surface area is 151 Å². The van der Waals surface area contributed by atoms with Crippen molar-refractivity contribution in [3.8, 4) is 5.75 Å². The average molecular weight is 387 g/mol. The van der Waals surface area contributed by atoms with Crippen LogP contribution >= 0.6 is 0 Å². The molecular weight excluding hydrogens is 366 g/mol. The minimum atomic E-state index is -3.73. The highest BCUT2D eigenvalue weighted by Crippen LogP contribution is 2.29. The summed E-state index contributed by atoms with van der Waals surface area (Å²) in [4.78, 5) is 22.4. The van der Waals surface area contributed by atoms with Gasteiger partial charge in [0.25, 0.3) is 0 Å². The van der Waals surface area contributed by atoms with Gasteiger partial charge in [0.1, 0.15) is 5.75 Å². The number of ether oxygens (including phenoxy) is 2. The number of carbonyl (C=O) groups is 2. The van der Waals surface area contributed by atoms with E-state index in [0.29, 0.717) is 13.2 Å². The normalized spacial score (nSPS) is 15.3. The molecule has 1 fully saturated rings. The zero-order valence-corrected chi connectivity index (χ0v) is 15.0. The highest BCUT2D eigenvalue weighted by atomic mass is 32.2. The van der Waals surface area contributed by atoms with Crippen molar-refractivity contribution >= 4 is 27.7 Å². The van der Waals surface area contributed by atoms with Gasteiger partial charge in [0.2, 0.25) is 10.0 Å². The summed E-state index contributed by atoms with van der Waals surface area (Å²) in [5.41, 5.74) is 0.162. The van der Waals surface area contributed by atoms with E-state index < -0.39 is 22.0 Å². The van der Waals surface area contributed by atoms with Crippen LogP contribution in [0.1, 0.15) is 6.42 Å². The number of sulfonamides is 1. The highest BCUT2D eigenvalue weighted by molar-refractivity contribution is 7.89. The zero-order valence-electron chi connectivity index (χ0n) is 14.2. The molecule has 0 atom stereocenters. The van der Waals surface area contributed by atoms with Crippen molar-refractivity contribution in [3.05, 3.63) is 18.2 Å². The molecule has 1 aliphatic heterocycles. The van der Waals surface area contributed by atoms with Crippen LogP contribution in [-0.2, 0) is 19.6 Å². The molecule has 2 amide bonds. The molecule has 1 aliphatic rings. The van der Waals surface area contributed by atoms with Crippen molar-refractivity contribution in [1.82, 2.24) is 9.62 Å². The van der Waals surface area contributed by atoms with Crippen molar-refractivity contribution in [2.24, 2.45) is 0 Å². The summed E-state index contributed by atoms with van der Waals surface area (Å²) < 4.78 is 37.0. The number of rotatable bonds is 7. The van der Waals surface area contributed by atoms with Gasteiger partial charge < -0.3 is 25.2 Å². The Hall–Kier alpha value is -2.37. The fraction of sp³-hybridized carbons (Fsp3) is 0.467. The van der Waals surface area contributed by atoms with Crippen LogP contribution in [0.3, 0.4) is 0 Å². The van der Waals surface area contributed by atoms with Gasteiger partial charge >= 0.3 is 12.0 Å². The monoisotopic (exact) mass is 387 g/mol. The molecule has 2 rings (SSSR count). The molecule has 1 aromatic rings. The molecule has 0 unspecified atom stereocenters. The number of morpholine rings is 1. The molecule has 1 saturated heterocycles. The molecule has 0 bridgehead atoms. The van der Waals surface area contributed by atoms with Crippen LogP contribution in [0.25, 0.3) is 0 Å². The standard InChI is InChI=1S/C15H21N3O7S/c1-24-13-3-2-11(26(22,23)18-6-8-25-9-7-18)10-12(13)17-15(21)16-5-4-14(19)20/h2-3,10H,4-9H2,1H3,(H,19,20)(H2,16,17,21). The maximum Gasteiger partial charge on any atom is 0.319 e. The van der Waals surface area contributed by atoms with Gasteiger partial charge in [-0.3, -0.25) is 4.79 Å². The lowest BCUT2D eigenvalue weighted by Gasteiger charge is -2.26. The minimum absolute atomic E-state index is 0.0148. The molecule has 26 heavy (non-hydrogen) atoms. The Kier molecular flexibility index (Phi) is 6.77. The molecule has 3 N–H and O–H groups in total. The number of nitrogens with one attached hydrogen (secondary N) is 2. The summed E-state index contributed by atoms with van der Waals surface area (Å²) in [6, 6.07) is 3.49. The third-order valence-corrected chi connectivity index (χ3v) is 5.55. The minimum Gasteiger partial charge on any atom is -0.495 e. The van der Waals surface area contributed by atoms with E-state index in [2.05, 4.69) is 10.6 Å². The third-order valence-electron chi connectivity index (χ3n) is 3.65. The number of carboxylic acid groups (broad SMARTS) is 1. The molecule has 10 nitrogen and oxygen atoms in total. The number of hydrogen-bond acceptors (Lipinski definition) is 6. The maximum absolute atomic E-state index is 12.7. The second kappa shape index (κ2) is 8.83. The summed E-state index contributed by atoms with van der Waals surface area (Å²) in [7, 11) is -2.34. The fourth-order valence-corrected chi connectivity index (χ4v) is 3.77. The van der Waals surface area contributed by atoms with Gasteiger partial charge in [-0.2, -0.15) is 4.31 Å². The number of aliphatic carboxylic acids is 1. The second-order valence-corrected chi connectivity index (χ2v) is 7.34. The Morgan fingerprint density at radius 2 is 2.00 bits per heavy atom. The lowest BCUT2D eigenvalue weighted by Crippen LogP contribution is -2.40. The number of benzene rings is 1. The SMILES string of the molecule is COc1ccc(S(=O)(=O)N2CCOCC2)cc1NC(=O)NCCC(=O)O. The smallest absolute Gasteiger partial charge is 0.319 e. The van der Waals surface area contributed by atoms with E-state index in [1.54, 1.807) is 0 Å². The number of urea groups is 1. The van der Waals surface area contributed by atoms with Crippen LogP contribution in [0.4, 0.5) is 10.5 Å². The summed E-state index contributed by atoms with van der Waals surface area (Å²) in [5, 5.41) is 13.4. The lowest BCUT2D eigenvalue weighted by atomic mass is 10.3. The number of carbonyl (C=O) groups excluding carboxylic acids is 1. The number of methoxy groups -OCH3 is 1.